The maximum atomic E-state index is 13.4. The molecule has 3 aromatic carbocycles. The van der Waals surface area contributed by atoms with Crippen LogP contribution in [-0.2, 0) is 19.3 Å². The minimum atomic E-state index is -4.50. The van der Waals surface area contributed by atoms with E-state index in [4.69, 9.17) is 16.3 Å². The number of nitrogens with zero attached hydrogens (tertiary/aromatic N) is 2. The number of urea groups is 1. The van der Waals surface area contributed by atoms with Gasteiger partial charge in [0.25, 0.3) is 0 Å². The molecule has 2 amide bonds. The van der Waals surface area contributed by atoms with Gasteiger partial charge in [-0.15, -0.1) is 0 Å². The molecule has 0 radical (unpaired) electrons. The largest absolute Gasteiger partial charge is 0.503 e. The number of hydrogen-bond acceptors (Lipinski definition) is 4. The molecule has 1 aliphatic heterocycles. The van der Waals surface area contributed by atoms with Crippen LogP contribution in [0.15, 0.2) is 66.7 Å². The van der Waals surface area contributed by atoms with Crippen molar-refractivity contribution >= 4 is 23.3 Å². The zero-order valence-corrected chi connectivity index (χ0v) is 22.3. The highest BCUT2D eigenvalue weighted by Gasteiger charge is 2.32. The van der Waals surface area contributed by atoms with Crippen LogP contribution in [0.4, 0.5) is 23.7 Å². The Morgan fingerprint density at radius 1 is 1.08 bits per heavy atom. The Labute approximate surface area is 230 Å². The number of halogens is 4. The minimum Gasteiger partial charge on any atom is -0.503 e. The lowest BCUT2D eigenvalue weighted by atomic mass is 10.0. The number of ether oxygens (including phenoxy) is 1. The lowest BCUT2D eigenvalue weighted by Crippen LogP contribution is -2.48. The fraction of sp³-hybridized carbons (Fsp3) is 0.345. The summed E-state index contributed by atoms with van der Waals surface area (Å²) in [5, 5.41) is 13.0. The van der Waals surface area contributed by atoms with Gasteiger partial charge in [0, 0.05) is 37.9 Å². The van der Waals surface area contributed by atoms with Crippen LogP contribution in [0.5, 0.6) is 11.5 Å². The van der Waals surface area contributed by atoms with Gasteiger partial charge < -0.3 is 20.1 Å². The number of alkyl halides is 3. The molecular weight excluding hydrogens is 531 g/mol. The highest BCUT2D eigenvalue weighted by molar-refractivity contribution is 6.32. The molecule has 0 bridgehead atoms. The molecule has 3 aromatic rings. The first-order chi connectivity index (χ1) is 18.6. The first-order valence-corrected chi connectivity index (χ1v) is 13.2. The summed E-state index contributed by atoms with van der Waals surface area (Å²) in [6.07, 6.45) is -3.12. The number of hydrogen-bond donors (Lipinski definition) is 2. The number of anilines is 1. The fourth-order valence-electron chi connectivity index (χ4n) is 4.75. The number of rotatable bonds is 8. The van der Waals surface area contributed by atoms with Crippen molar-refractivity contribution in [1.29, 1.82) is 0 Å². The van der Waals surface area contributed by atoms with Gasteiger partial charge >= 0.3 is 12.2 Å². The summed E-state index contributed by atoms with van der Waals surface area (Å²) in [4.78, 5) is 17.3. The lowest BCUT2D eigenvalue weighted by molar-refractivity contribution is -0.137. The molecule has 0 aliphatic carbocycles. The molecule has 208 valence electrons. The number of phenolic OH excluding ortho intramolecular Hbond substituents is 1. The monoisotopic (exact) mass is 561 g/mol. The standard InChI is InChI=1S/C29H31ClF3N3O3/c1-2-39-26-16-21(15-25(30)27(26)37)18-35-13-11-24(12-14-35)36(19-20-7-4-3-5-8-20)28(38)34-23-10-6-9-22(17-23)29(31,32)33/h3-10,15-17,24,37H,2,11-14,18-19H2,1H3,(H,34,38). The first-order valence-electron chi connectivity index (χ1n) is 12.8. The van der Waals surface area contributed by atoms with Crippen LogP contribution < -0.4 is 10.1 Å². The van der Waals surface area contributed by atoms with Crippen molar-refractivity contribution in [1.82, 2.24) is 9.80 Å². The molecule has 0 saturated carbocycles. The maximum Gasteiger partial charge on any atom is 0.416 e. The Balaban J connectivity index is 1.45. The molecule has 1 heterocycles. The van der Waals surface area contributed by atoms with Gasteiger partial charge in [0.2, 0.25) is 0 Å². The van der Waals surface area contributed by atoms with E-state index in [1.807, 2.05) is 37.3 Å². The average Bonchev–Trinajstić information content (AvgIpc) is 2.91. The summed E-state index contributed by atoms with van der Waals surface area (Å²) in [7, 11) is 0. The van der Waals surface area contributed by atoms with E-state index in [0.29, 0.717) is 51.4 Å². The van der Waals surface area contributed by atoms with Gasteiger partial charge in [-0.2, -0.15) is 13.2 Å². The molecule has 0 atom stereocenters. The van der Waals surface area contributed by atoms with Crippen LogP contribution in [0, 0.1) is 0 Å². The van der Waals surface area contributed by atoms with Crippen LogP contribution in [0.2, 0.25) is 5.02 Å². The average molecular weight is 562 g/mol. The number of nitrogens with one attached hydrogen (secondary N) is 1. The summed E-state index contributed by atoms with van der Waals surface area (Å²) in [5.74, 6) is 0.263. The Hall–Kier alpha value is -3.43. The summed E-state index contributed by atoms with van der Waals surface area (Å²) in [6.45, 7) is 4.57. The molecule has 10 heteroatoms. The van der Waals surface area contributed by atoms with Gasteiger partial charge in [0.05, 0.1) is 17.2 Å². The number of carbonyl (C=O) groups excluding carboxylic acids is 1. The van der Waals surface area contributed by atoms with Crippen LogP contribution >= 0.6 is 11.6 Å². The van der Waals surface area contributed by atoms with Gasteiger partial charge in [0.1, 0.15) is 0 Å². The highest BCUT2D eigenvalue weighted by atomic mass is 35.5. The molecule has 0 aromatic heterocycles. The van der Waals surface area contributed by atoms with E-state index in [9.17, 15) is 23.1 Å². The molecule has 0 spiro atoms. The number of benzene rings is 3. The van der Waals surface area contributed by atoms with E-state index in [-0.39, 0.29) is 22.5 Å². The zero-order chi connectivity index (χ0) is 28.0. The van der Waals surface area contributed by atoms with Crippen LogP contribution in [0.3, 0.4) is 0 Å². The Kier molecular flexibility index (Phi) is 9.24. The second kappa shape index (κ2) is 12.6. The molecule has 1 fully saturated rings. The van der Waals surface area contributed by atoms with Crippen molar-refractivity contribution in [3.8, 4) is 11.5 Å². The molecular formula is C29H31ClF3N3O3. The number of carbonyl (C=O) groups is 1. The quantitative estimate of drug-likeness (QED) is 0.306. The molecule has 6 nitrogen and oxygen atoms in total. The van der Waals surface area contributed by atoms with E-state index < -0.39 is 17.8 Å². The summed E-state index contributed by atoms with van der Waals surface area (Å²) < 4.78 is 45.0. The van der Waals surface area contributed by atoms with Crippen LogP contribution in [0.1, 0.15) is 36.5 Å². The van der Waals surface area contributed by atoms with E-state index in [0.717, 1.165) is 23.3 Å². The summed E-state index contributed by atoms with van der Waals surface area (Å²) >= 11 is 6.19. The summed E-state index contributed by atoms with van der Waals surface area (Å²) in [6, 6.07) is 17.1. The van der Waals surface area contributed by atoms with E-state index in [1.54, 1.807) is 17.0 Å². The van der Waals surface area contributed by atoms with Gasteiger partial charge in [-0.3, -0.25) is 4.90 Å². The maximum absolute atomic E-state index is 13.4. The molecule has 1 aliphatic rings. The zero-order valence-electron chi connectivity index (χ0n) is 21.5. The number of amides is 2. The van der Waals surface area contributed by atoms with Gasteiger partial charge in [-0.1, -0.05) is 48.0 Å². The van der Waals surface area contributed by atoms with Crippen molar-refractivity contribution < 1.29 is 27.8 Å². The number of likely N-dealkylation sites (tertiary alicyclic amines) is 1. The Morgan fingerprint density at radius 3 is 2.46 bits per heavy atom. The molecule has 2 N–H and O–H groups in total. The van der Waals surface area contributed by atoms with Crippen molar-refractivity contribution in [3.05, 3.63) is 88.4 Å². The van der Waals surface area contributed by atoms with Crippen LogP contribution in [0.25, 0.3) is 0 Å². The van der Waals surface area contributed by atoms with E-state index in [2.05, 4.69) is 10.2 Å². The van der Waals surface area contributed by atoms with Gasteiger partial charge in [-0.25, -0.2) is 4.79 Å². The smallest absolute Gasteiger partial charge is 0.416 e. The van der Waals surface area contributed by atoms with E-state index >= 15 is 0 Å². The second-order valence-electron chi connectivity index (χ2n) is 9.49. The second-order valence-corrected chi connectivity index (χ2v) is 9.89. The molecule has 1 saturated heterocycles. The Bertz CT molecular complexity index is 1270. The third-order valence-electron chi connectivity index (χ3n) is 6.69. The van der Waals surface area contributed by atoms with Crippen molar-refractivity contribution in [2.75, 3.05) is 25.0 Å². The fourth-order valence-corrected chi connectivity index (χ4v) is 4.98. The third-order valence-corrected chi connectivity index (χ3v) is 6.98. The number of piperidine rings is 1. The van der Waals surface area contributed by atoms with Gasteiger partial charge in [-0.05, 0) is 61.2 Å². The third kappa shape index (κ3) is 7.58. The molecule has 39 heavy (non-hydrogen) atoms. The predicted octanol–water partition coefficient (Wildman–Crippen LogP) is 7.16. The Morgan fingerprint density at radius 2 is 1.79 bits per heavy atom. The highest BCUT2D eigenvalue weighted by Crippen LogP contribution is 2.36. The lowest BCUT2D eigenvalue weighted by Gasteiger charge is -2.38. The SMILES string of the molecule is CCOc1cc(CN2CCC(N(Cc3ccccc3)C(=O)Nc3cccc(C(F)(F)F)c3)CC2)cc(Cl)c1O. The molecule has 4 rings (SSSR count). The summed E-state index contributed by atoms with van der Waals surface area (Å²) in [5.41, 5.74) is 1.12. The normalized spacial score (nSPS) is 14.7. The van der Waals surface area contributed by atoms with Crippen molar-refractivity contribution in [2.45, 2.75) is 45.1 Å². The predicted molar refractivity (Wildman–Crippen MR) is 145 cm³/mol. The number of phenols is 1. The van der Waals surface area contributed by atoms with Crippen molar-refractivity contribution in [2.24, 2.45) is 0 Å². The number of aromatic hydroxyl groups is 1. The topological polar surface area (TPSA) is 65.0 Å². The van der Waals surface area contributed by atoms with Gasteiger partial charge in [0.15, 0.2) is 11.5 Å². The van der Waals surface area contributed by atoms with E-state index in [1.165, 1.54) is 12.1 Å². The minimum absolute atomic E-state index is 0.0793. The molecule has 0 unspecified atom stereocenters. The van der Waals surface area contributed by atoms with Crippen LogP contribution in [-0.4, -0.2) is 46.7 Å². The first kappa shape index (κ1) is 28.6. The van der Waals surface area contributed by atoms with Crippen molar-refractivity contribution in [3.63, 3.8) is 0 Å².